The highest BCUT2D eigenvalue weighted by molar-refractivity contribution is 7.98. The molecule has 0 fully saturated rings. The highest BCUT2D eigenvalue weighted by Crippen LogP contribution is 2.26. The largest absolute Gasteiger partial charge is 0.478 e. The molecule has 8 heteroatoms. The van der Waals surface area contributed by atoms with Gasteiger partial charge in [-0.05, 0) is 6.92 Å². The van der Waals surface area contributed by atoms with Crippen molar-refractivity contribution in [3.05, 3.63) is 29.3 Å². The number of aryl methyl sites for hydroxylation is 1. The SMILES string of the molecule is Cc1nc(C(C)C)nc(SCc2ncon2)c1C(=O)O. The second-order valence-electron chi connectivity index (χ2n) is 4.44. The number of hydrogen-bond acceptors (Lipinski definition) is 7. The minimum Gasteiger partial charge on any atom is -0.478 e. The number of carboxylic acid groups (broad SMARTS) is 1. The van der Waals surface area contributed by atoms with Crippen molar-refractivity contribution >= 4 is 17.7 Å². The molecule has 20 heavy (non-hydrogen) atoms. The lowest BCUT2D eigenvalue weighted by molar-refractivity contribution is 0.0690. The Balaban J connectivity index is 2.34. The number of nitrogens with zero attached hydrogens (tertiary/aromatic N) is 4. The van der Waals surface area contributed by atoms with Crippen molar-refractivity contribution in [1.29, 1.82) is 0 Å². The molecule has 0 amide bonds. The van der Waals surface area contributed by atoms with E-state index in [-0.39, 0.29) is 11.5 Å². The molecule has 0 bridgehead atoms. The standard InChI is InChI=1S/C12H14N4O3S/c1-6(2)10-14-7(3)9(12(17)18)11(15-10)20-4-8-13-5-19-16-8/h5-6H,4H2,1-3H3,(H,17,18). The Bertz CT molecular complexity index is 613. The van der Waals surface area contributed by atoms with Gasteiger partial charge in [0.15, 0.2) is 5.82 Å². The Morgan fingerprint density at radius 1 is 1.45 bits per heavy atom. The normalized spacial score (nSPS) is 11.0. The van der Waals surface area contributed by atoms with Crippen molar-refractivity contribution in [2.24, 2.45) is 0 Å². The van der Waals surface area contributed by atoms with Crippen molar-refractivity contribution in [1.82, 2.24) is 20.1 Å². The zero-order chi connectivity index (χ0) is 14.7. The van der Waals surface area contributed by atoms with Gasteiger partial charge in [0.05, 0.1) is 11.4 Å². The number of rotatable bonds is 5. The maximum absolute atomic E-state index is 11.3. The van der Waals surface area contributed by atoms with Crippen LogP contribution in [0.15, 0.2) is 15.9 Å². The van der Waals surface area contributed by atoms with Gasteiger partial charge in [-0.25, -0.2) is 14.8 Å². The van der Waals surface area contributed by atoms with E-state index in [1.807, 2.05) is 13.8 Å². The third-order valence-corrected chi connectivity index (χ3v) is 3.52. The van der Waals surface area contributed by atoms with E-state index < -0.39 is 5.97 Å². The van der Waals surface area contributed by atoms with E-state index in [0.717, 1.165) is 0 Å². The summed E-state index contributed by atoms with van der Waals surface area (Å²) >= 11 is 1.26. The van der Waals surface area contributed by atoms with Gasteiger partial charge in [0.1, 0.15) is 16.4 Å². The van der Waals surface area contributed by atoms with Crippen LogP contribution in [-0.2, 0) is 5.75 Å². The second-order valence-corrected chi connectivity index (χ2v) is 5.41. The molecule has 7 nitrogen and oxygen atoms in total. The van der Waals surface area contributed by atoms with Crippen molar-refractivity contribution in [3.63, 3.8) is 0 Å². The minimum atomic E-state index is -1.03. The minimum absolute atomic E-state index is 0.126. The monoisotopic (exact) mass is 294 g/mol. The summed E-state index contributed by atoms with van der Waals surface area (Å²) in [6.45, 7) is 5.60. The molecule has 2 aromatic heterocycles. The van der Waals surface area contributed by atoms with Crippen LogP contribution in [0.4, 0.5) is 0 Å². The van der Waals surface area contributed by atoms with E-state index in [0.29, 0.717) is 28.1 Å². The molecular weight excluding hydrogens is 280 g/mol. The number of aromatic carboxylic acids is 1. The lowest BCUT2D eigenvalue weighted by Gasteiger charge is -2.11. The molecule has 0 aromatic carbocycles. The van der Waals surface area contributed by atoms with Crippen LogP contribution in [0.3, 0.4) is 0 Å². The average Bonchev–Trinajstić information content (AvgIpc) is 2.88. The molecule has 0 aliphatic rings. The van der Waals surface area contributed by atoms with Crippen LogP contribution >= 0.6 is 11.8 Å². The maximum atomic E-state index is 11.3. The topological polar surface area (TPSA) is 102 Å². The number of carbonyl (C=O) groups is 1. The molecule has 106 valence electrons. The van der Waals surface area contributed by atoms with Gasteiger partial charge in [0.25, 0.3) is 0 Å². The van der Waals surface area contributed by atoms with E-state index in [2.05, 4.69) is 24.6 Å². The van der Waals surface area contributed by atoms with Gasteiger partial charge in [0, 0.05) is 5.92 Å². The molecular formula is C12H14N4O3S. The summed E-state index contributed by atoms with van der Waals surface area (Å²) in [6.07, 6.45) is 1.23. The van der Waals surface area contributed by atoms with E-state index in [4.69, 9.17) is 0 Å². The van der Waals surface area contributed by atoms with Gasteiger partial charge in [-0.2, -0.15) is 4.98 Å². The Hall–Kier alpha value is -1.96. The molecule has 0 saturated carbocycles. The summed E-state index contributed by atoms with van der Waals surface area (Å²) in [5, 5.41) is 13.4. The number of carboxylic acids is 1. The lowest BCUT2D eigenvalue weighted by Crippen LogP contribution is -2.10. The molecule has 2 aromatic rings. The van der Waals surface area contributed by atoms with Crippen molar-refractivity contribution in [3.8, 4) is 0 Å². The summed E-state index contributed by atoms with van der Waals surface area (Å²) in [4.78, 5) is 23.8. The summed E-state index contributed by atoms with van der Waals surface area (Å²) in [6, 6.07) is 0. The first kappa shape index (κ1) is 14.4. The maximum Gasteiger partial charge on any atom is 0.340 e. The predicted molar refractivity (Wildman–Crippen MR) is 71.7 cm³/mol. The lowest BCUT2D eigenvalue weighted by atomic mass is 10.2. The van der Waals surface area contributed by atoms with Gasteiger partial charge in [0.2, 0.25) is 6.39 Å². The number of thioether (sulfide) groups is 1. The molecule has 0 atom stereocenters. The summed E-state index contributed by atoms with van der Waals surface area (Å²) in [5.74, 6) is 0.608. The highest BCUT2D eigenvalue weighted by atomic mass is 32.2. The smallest absolute Gasteiger partial charge is 0.340 e. The Morgan fingerprint density at radius 2 is 2.20 bits per heavy atom. The molecule has 0 unspecified atom stereocenters. The van der Waals surface area contributed by atoms with Crippen LogP contribution in [-0.4, -0.2) is 31.2 Å². The van der Waals surface area contributed by atoms with Crippen molar-refractivity contribution in [2.75, 3.05) is 0 Å². The van der Waals surface area contributed by atoms with Crippen LogP contribution < -0.4 is 0 Å². The summed E-state index contributed by atoms with van der Waals surface area (Å²) < 4.78 is 4.64. The van der Waals surface area contributed by atoms with Gasteiger partial charge >= 0.3 is 5.97 Å². The highest BCUT2D eigenvalue weighted by Gasteiger charge is 2.19. The van der Waals surface area contributed by atoms with Gasteiger partial charge in [-0.1, -0.05) is 30.8 Å². The fourth-order valence-electron chi connectivity index (χ4n) is 1.57. The molecule has 1 N–H and O–H groups in total. The molecule has 0 saturated heterocycles. The Kier molecular flexibility index (Phi) is 4.33. The predicted octanol–water partition coefficient (Wildman–Crippen LogP) is 2.28. The van der Waals surface area contributed by atoms with Crippen LogP contribution in [0.1, 0.15) is 47.5 Å². The molecule has 0 spiro atoms. The van der Waals surface area contributed by atoms with Gasteiger partial charge < -0.3 is 9.63 Å². The van der Waals surface area contributed by atoms with Crippen molar-refractivity contribution in [2.45, 2.75) is 37.5 Å². The Labute approximate surface area is 119 Å². The van der Waals surface area contributed by atoms with Crippen LogP contribution in [0.2, 0.25) is 0 Å². The summed E-state index contributed by atoms with van der Waals surface area (Å²) in [5.41, 5.74) is 0.592. The molecule has 0 radical (unpaired) electrons. The quantitative estimate of drug-likeness (QED) is 0.662. The van der Waals surface area contributed by atoms with Gasteiger partial charge in [-0.3, -0.25) is 0 Å². The summed E-state index contributed by atoms with van der Waals surface area (Å²) in [7, 11) is 0. The van der Waals surface area contributed by atoms with Crippen LogP contribution in [0, 0.1) is 6.92 Å². The molecule has 2 rings (SSSR count). The average molecular weight is 294 g/mol. The Morgan fingerprint density at radius 3 is 2.75 bits per heavy atom. The number of hydrogen-bond donors (Lipinski definition) is 1. The van der Waals surface area contributed by atoms with E-state index in [1.165, 1.54) is 18.2 Å². The first-order valence-corrected chi connectivity index (χ1v) is 6.97. The fraction of sp³-hybridized carbons (Fsp3) is 0.417. The number of aromatic nitrogens is 4. The van der Waals surface area contributed by atoms with Crippen molar-refractivity contribution < 1.29 is 14.4 Å². The third-order valence-electron chi connectivity index (χ3n) is 2.55. The van der Waals surface area contributed by atoms with Crippen LogP contribution in [0.5, 0.6) is 0 Å². The molecule has 0 aliphatic carbocycles. The van der Waals surface area contributed by atoms with Gasteiger partial charge in [-0.15, -0.1) is 0 Å². The second kappa shape index (κ2) is 6.00. The molecule has 0 aliphatic heterocycles. The molecule has 2 heterocycles. The van der Waals surface area contributed by atoms with E-state index >= 15 is 0 Å². The first-order chi connectivity index (χ1) is 9.49. The zero-order valence-electron chi connectivity index (χ0n) is 11.3. The fourth-order valence-corrected chi connectivity index (χ4v) is 2.50. The first-order valence-electron chi connectivity index (χ1n) is 5.99. The van der Waals surface area contributed by atoms with Crippen LogP contribution in [0.25, 0.3) is 0 Å². The third kappa shape index (κ3) is 3.13. The van der Waals surface area contributed by atoms with E-state index in [9.17, 15) is 9.90 Å². The zero-order valence-corrected chi connectivity index (χ0v) is 12.1. The van der Waals surface area contributed by atoms with E-state index in [1.54, 1.807) is 6.92 Å².